The van der Waals surface area contributed by atoms with E-state index in [2.05, 4.69) is 27.8 Å². The first-order chi connectivity index (χ1) is 9.45. The Morgan fingerprint density at radius 3 is 2.70 bits per heavy atom. The van der Waals surface area contributed by atoms with Gasteiger partial charge in [-0.05, 0) is 30.9 Å². The molecule has 1 aromatic rings. The van der Waals surface area contributed by atoms with Gasteiger partial charge in [-0.2, -0.15) is 0 Å². The van der Waals surface area contributed by atoms with Crippen LogP contribution < -0.4 is 4.90 Å². The van der Waals surface area contributed by atoms with Gasteiger partial charge in [0.2, 0.25) is 0 Å². The van der Waals surface area contributed by atoms with Crippen molar-refractivity contribution in [1.29, 1.82) is 0 Å². The van der Waals surface area contributed by atoms with Gasteiger partial charge in [0, 0.05) is 17.9 Å². The quantitative estimate of drug-likeness (QED) is 0.772. The minimum absolute atomic E-state index is 0.217. The standard InChI is InChI=1S/C15H22BrNO2S/c1-3-10-20(18,19)15-7-5-4-6-14(15)17-9-8-13(16)12(2)11-17/h4-7,12-13H,3,8-11H2,1-2H3. The number of para-hydroxylation sites is 1. The number of alkyl halides is 1. The Hall–Kier alpha value is -0.550. The fraction of sp³-hybridized carbons (Fsp3) is 0.600. The van der Waals surface area contributed by atoms with Gasteiger partial charge in [0.1, 0.15) is 0 Å². The van der Waals surface area contributed by atoms with Gasteiger partial charge in [0.15, 0.2) is 9.84 Å². The molecule has 1 aromatic carbocycles. The smallest absolute Gasteiger partial charge is 0.180 e. The number of nitrogens with zero attached hydrogens (tertiary/aromatic N) is 1. The molecule has 2 rings (SSSR count). The highest BCUT2D eigenvalue weighted by Crippen LogP contribution is 2.32. The first kappa shape index (κ1) is 15.8. The summed E-state index contributed by atoms with van der Waals surface area (Å²) in [5, 5.41) is 0. The number of piperidine rings is 1. The van der Waals surface area contributed by atoms with Gasteiger partial charge in [-0.25, -0.2) is 8.42 Å². The van der Waals surface area contributed by atoms with Crippen molar-refractivity contribution in [2.75, 3.05) is 23.7 Å². The average molecular weight is 360 g/mol. The summed E-state index contributed by atoms with van der Waals surface area (Å²) in [5.74, 6) is 0.736. The Bertz CT molecular complexity index is 559. The fourth-order valence-electron chi connectivity index (χ4n) is 2.70. The van der Waals surface area contributed by atoms with Crippen LogP contribution in [0.1, 0.15) is 26.7 Å². The Kier molecular flexibility index (Phi) is 5.13. The summed E-state index contributed by atoms with van der Waals surface area (Å²) in [6.45, 7) is 5.90. The Morgan fingerprint density at radius 1 is 1.35 bits per heavy atom. The van der Waals surface area contributed by atoms with E-state index in [1.54, 1.807) is 6.07 Å². The molecular formula is C15H22BrNO2S. The van der Waals surface area contributed by atoms with E-state index in [0.717, 1.165) is 25.2 Å². The van der Waals surface area contributed by atoms with Crippen LogP contribution in [0.25, 0.3) is 0 Å². The molecule has 20 heavy (non-hydrogen) atoms. The summed E-state index contributed by atoms with van der Waals surface area (Å²) in [7, 11) is -3.17. The molecule has 5 heteroatoms. The highest BCUT2D eigenvalue weighted by molar-refractivity contribution is 9.09. The Balaban J connectivity index is 2.34. The van der Waals surface area contributed by atoms with E-state index in [1.165, 1.54) is 0 Å². The first-order valence-corrected chi connectivity index (χ1v) is 9.73. The molecule has 0 amide bonds. The van der Waals surface area contributed by atoms with Crippen LogP contribution in [0.5, 0.6) is 0 Å². The van der Waals surface area contributed by atoms with Crippen LogP contribution in [-0.4, -0.2) is 32.1 Å². The molecule has 2 atom stereocenters. The Morgan fingerprint density at radius 2 is 2.05 bits per heavy atom. The highest BCUT2D eigenvalue weighted by atomic mass is 79.9. The first-order valence-electron chi connectivity index (χ1n) is 7.16. The SMILES string of the molecule is CCCS(=O)(=O)c1ccccc1N1CCC(Br)C(C)C1. The lowest BCUT2D eigenvalue weighted by molar-refractivity contribution is 0.464. The molecule has 0 bridgehead atoms. The van der Waals surface area contributed by atoms with Gasteiger partial charge < -0.3 is 4.90 Å². The normalized spacial score (nSPS) is 23.9. The molecule has 1 aliphatic rings. The zero-order valence-electron chi connectivity index (χ0n) is 12.0. The van der Waals surface area contributed by atoms with Crippen LogP contribution in [-0.2, 0) is 9.84 Å². The van der Waals surface area contributed by atoms with Gasteiger partial charge in [-0.15, -0.1) is 0 Å². The third-order valence-electron chi connectivity index (χ3n) is 3.81. The summed E-state index contributed by atoms with van der Waals surface area (Å²) < 4.78 is 24.8. The summed E-state index contributed by atoms with van der Waals surface area (Å²) >= 11 is 3.69. The molecule has 1 aliphatic heterocycles. The topological polar surface area (TPSA) is 37.4 Å². The van der Waals surface area contributed by atoms with E-state index in [0.29, 0.717) is 22.1 Å². The van der Waals surface area contributed by atoms with Crippen molar-refractivity contribution in [3.8, 4) is 0 Å². The number of sulfone groups is 1. The summed E-state index contributed by atoms with van der Waals surface area (Å²) in [4.78, 5) is 3.23. The maximum absolute atomic E-state index is 12.4. The van der Waals surface area contributed by atoms with Crippen molar-refractivity contribution in [1.82, 2.24) is 0 Å². The zero-order valence-corrected chi connectivity index (χ0v) is 14.5. The molecule has 0 aliphatic carbocycles. The van der Waals surface area contributed by atoms with Crippen molar-refractivity contribution in [2.24, 2.45) is 5.92 Å². The molecule has 0 N–H and O–H groups in total. The molecule has 2 unspecified atom stereocenters. The fourth-order valence-corrected chi connectivity index (χ4v) is 4.63. The summed E-state index contributed by atoms with van der Waals surface area (Å²) in [5.41, 5.74) is 0.868. The minimum atomic E-state index is -3.17. The van der Waals surface area contributed by atoms with Crippen LogP contribution in [0.3, 0.4) is 0 Å². The molecule has 1 saturated heterocycles. The lowest BCUT2D eigenvalue weighted by Gasteiger charge is -2.36. The predicted molar refractivity (Wildman–Crippen MR) is 87.5 cm³/mol. The van der Waals surface area contributed by atoms with Crippen molar-refractivity contribution in [3.63, 3.8) is 0 Å². The molecule has 0 saturated carbocycles. The van der Waals surface area contributed by atoms with Crippen molar-refractivity contribution < 1.29 is 8.42 Å². The number of halogens is 1. The van der Waals surface area contributed by atoms with E-state index in [-0.39, 0.29) is 5.75 Å². The van der Waals surface area contributed by atoms with E-state index in [4.69, 9.17) is 0 Å². The lowest BCUT2D eigenvalue weighted by Crippen LogP contribution is -2.40. The highest BCUT2D eigenvalue weighted by Gasteiger charge is 2.27. The second-order valence-corrected chi connectivity index (χ2v) is 8.77. The molecule has 1 fully saturated rings. The van der Waals surface area contributed by atoms with Crippen LogP contribution in [0, 0.1) is 5.92 Å². The van der Waals surface area contributed by atoms with Crippen LogP contribution >= 0.6 is 15.9 Å². The van der Waals surface area contributed by atoms with E-state index in [9.17, 15) is 8.42 Å². The molecule has 112 valence electrons. The third-order valence-corrected chi connectivity index (χ3v) is 7.14. The monoisotopic (exact) mass is 359 g/mol. The molecule has 1 heterocycles. The predicted octanol–water partition coefficient (Wildman–Crippen LogP) is 3.48. The van der Waals surface area contributed by atoms with Crippen molar-refractivity contribution >= 4 is 31.5 Å². The molecular weight excluding hydrogens is 338 g/mol. The van der Waals surface area contributed by atoms with Gasteiger partial charge in [0.25, 0.3) is 0 Å². The molecule has 0 spiro atoms. The van der Waals surface area contributed by atoms with Crippen molar-refractivity contribution in [3.05, 3.63) is 24.3 Å². The minimum Gasteiger partial charge on any atom is -0.370 e. The number of anilines is 1. The number of benzene rings is 1. The van der Waals surface area contributed by atoms with Gasteiger partial charge in [-0.3, -0.25) is 0 Å². The zero-order chi connectivity index (χ0) is 14.8. The second-order valence-electron chi connectivity index (χ2n) is 5.51. The largest absolute Gasteiger partial charge is 0.370 e. The van der Waals surface area contributed by atoms with Crippen LogP contribution in [0.4, 0.5) is 5.69 Å². The summed E-state index contributed by atoms with van der Waals surface area (Å²) in [6.07, 6.45) is 1.69. The van der Waals surface area contributed by atoms with E-state index < -0.39 is 9.84 Å². The number of rotatable bonds is 4. The maximum Gasteiger partial charge on any atom is 0.180 e. The summed E-state index contributed by atoms with van der Waals surface area (Å²) in [6, 6.07) is 7.41. The number of hydrogen-bond donors (Lipinski definition) is 0. The lowest BCUT2D eigenvalue weighted by atomic mass is 9.99. The van der Waals surface area contributed by atoms with Gasteiger partial charge in [-0.1, -0.05) is 41.9 Å². The second kappa shape index (κ2) is 6.48. The molecule has 0 radical (unpaired) electrons. The third kappa shape index (κ3) is 3.37. The molecule has 0 aromatic heterocycles. The maximum atomic E-state index is 12.4. The van der Waals surface area contributed by atoms with E-state index >= 15 is 0 Å². The van der Waals surface area contributed by atoms with Crippen molar-refractivity contribution in [2.45, 2.75) is 36.4 Å². The average Bonchev–Trinajstić information content (AvgIpc) is 2.42. The van der Waals surface area contributed by atoms with Crippen LogP contribution in [0.2, 0.25) is 0 Å². The van der Waals surface area contributed by atoms with Gasteiger partial charge in [0.05, 0.1) is 16.3 Å². The molecule has 3 nitrogen and oxygen atoms in total. The van der Waals surface area contributed by atoms with E-state index in [1.807, 2.05) is 25.1 Å². The Labute approximate surface area is 130 Å². The number of hydrogen-bond acceptors (Lipinski definition) is 3. The van der Waals surface area contributed by atoms with Crippen LogP contribution in [0.15, 0.2) is 29.2 Å². The van der Waals surface area contributed by atoms with Gasteiger partial charge >= 0.3 is 0 Å².